The zero-order valence-electron chi connectivity index (χ0n) is 11.2. The smallest absolute Gasteiger partial charge is 0.0469 e. The van der Waals surface area contributed by atoms with Gasteiger partial charge in [-0.3, -0.25) is 4.90 Å². The van der Waals surface area contributed by atoms with E-state index in [9.17, 15) is 0 Å². The van der Waals surface area contributed by atoms with Crippen molar-refractivity contribution in [3.05, 3.63) is 34.9 Å². The number of nitrogens with zero attached hydrogens (tertiary/aromatic N) is 2. The van der Waals surface area contributed by atoms with Crippen molar-refractivity contribution < 1.29 is 0 Å². The van der Waals surface area contributed by atoms with E-state index >= 15 is 0 Å². The van der Waals surface area contributed by atoms with E-state index < -0.39 is 0 Å². The molecule has 1 fully saturated rings. The van der Waals surface area contributed by atoms with E-state index in [1.165, 1.54) is 5.56 Å². The molecule has 1 atom stereocenters. The quantitative estimate of drug-likeness (QED) is 0.898. The van der Waals surface area contributed by atoms with Gasteiger partial charge in [-0.15, -0.1) is 0 Å². The zero-order chi connectivity index (χ0) is 13.0. The molecule has 0 aliphatic carbocycles. The topological polar surface area (TPSA) is 18.5 Å². The molecule has 1 aromatic carbocycles. The maximum atomic E-state index is 5.96. The molecule has 0 radical (unpaired) electrons. The van der Waals surface area contributed by atoms with Gasteiger partial charge in [-0.25, -0.2) is 0 Å². The van der Waals surface area contributed by atoms with Crippen LogP contribution in [0.4, 0.5) is 0 Å². The average Bonchev–Trinajstić information content (AvgIpc) is 2.38. The number of benzene rings is 1. The molecule has 4 heteroatoms. The predicted octanol–water partition coefficient (Wildman–Crippen LogP) is 1.85. The summed E-state index contributed by atoms with van der Waals surface area (Å²) in [6, 6.07) is 8.65. The van der Waals surface area contributed by atoms with Gasteiger partial charge in [0.2, 0.25) is 0 Å². The van der Waals surface area contributed by atoms with Crippen molar-refractivity contribution in [3.8, 4) is 0 Å². The van der Waals surface area contributed by atoms with Gasteiger partial charge >= 0.3 is 0 Å². The summed E-state index contributed by atoms with van der Waals surface area (Å²) >= 11 is 5.96. The van der Waals surface area contributed by atoms with Crippen LogP contribution in [0.15, 0.2) is 24.3 Å². The first-order chi connectivity index (χ1) is 8.66. The van der Waals surface area contributed by atoms with Crippen LogP contribution in [0.5, 0.6) is 0 Å². The van der Waals surface area contributed by atoms with Crippen molar-refractivity contribution in [2.45, 2.75) is 6.04 Å². The summed E-state index contributed by atoms with van der Waals surface area (Å²) in [5.74, 6) is 0. The van der Waals surface area contributed by atoms with Crippen LogP contribution in [-0.2, 0) is 0 Å². The molecule has 1 aromatic rings. The summed E-state index contributed by atoms with van der Waals surface area (Å²) in [6.45, 7) is 5.55. The van der Waals surface area contributed by atoms with E-state index in [0.717, 1.165) is 37.7 Å². The maximum absolute atomic E-state index is 5.96. The monoisotopic (exact) mass is 267 g/mol. The van der Waals surface area contributed by atoms with E-state index in [1.54, 1.807) is 0 Å². The van der Waals surface area contributed by atoms with Gasteiger partial charge in [-0.1, -0.05) is 23.7 Å². The van der Waals surface area contributed by atoms with Gasteiger partial charge in [-0.2, -0.15) is 0 Å². The lowest BCUT2D eigenvalue weighted by atomic mass is 10.1. The van der Waals surface area contributed by atoms with Crippen LogP contribution in [0, 0.1) is 0 Å². The highest BCUT2D eigenvalue weighted by atomic mass is 35.5. The molecular weight excluding hydrogens is 246 g/mol. The van der Waals surface area contributed by atoms with Crippen LogP contribution in [0.25, 0.3) is 0 Å². The molecule has 1 heterocycles. The van der Waals surface area contributed by atoms with Crippen LogP contribution < -0.4 is 5.32 Å². The van der Waals surface area contributed by atoms with Crippen molar-refractivity contribution in [1.82, 2.24) is 15.1 Å². The highest BCUT2D eigenvalue weighted by molar-refractivity contribution is 6.30. The summed E-state index contributed by atoms with van der Waals surface area (Å²) in [5, 5.41) is 4.20. The van der Waals surface area contributed by atoms with Crippen molar-refractivity contribution in [1.29, 1.82) is 0 Å². The molecule has 1 aliphatic heterocycles. The maximum Gasteiger partial charge on any atom is 0.0469 e. The lowest BCUT2D eigenvalue weighted by molar-refractivity contribution is 0.168. The molecule has 0 bridgehead atoms. The van der Waals surface area contributed by atoms with Crippen LogP contribution in [0.3, 0.4) is 0 Å². The first-order valence-electron chi connectivity index (χ1n) is 6.52. The molecule has 3 nitrogen and oxygen atoms in total. The molecule has 18 heavy (non-hydrogen) atoms. The third kappa shape index (κ3) is 3.69. The number of piperazine rings is 1. The molecule has 1 unspecified atom stereocenters. The SMILES string of the molecule is CN(C)C(CN1CCNCC1)c1ccc(Cl)cc1. The molecule has 0 saturated carbocycles. The van der Waals surface area contributed by atoms with Gasteiger partial charge in [0.1, 0.15) is 0 Å². The lowest BCUT2D eigenvalue weighted by Gasteiger charge is -2.34. The number of nitrogens with one attached hydrogen (secondary N) is 1. The van der Waals surface area contributed by atoms with Gasteiger partial charge in [0.05, 0.1) is 0 Å². The predicted molar refractivity (Wildman–Crippen MR) is 77.2 cm³/mol. The Morgan fingerprint density at radius 1 is 1.22 bits per heavy atom. The second-order valence-electron chi connectivity index (χ2n) is 5.08. The third-order valence-electron chi connectivity index (χ3n) is 3.52. The summed E-state index contributed by atoms with van der Waals surface area (Å²) in [4.78, 5) is 4.81. The zero-order valence-corrected chi connectivity index (χ0v) is 12.0. The third-order valence-corrected chi connectivity index (χ3v) is 3.77. The molecule has 1 saturated heterocycles. The van der Waals surface area contributed by atoms with E-state index in [4.69, 9.17) is 11.6 Å². The van der Waals surface area contributed by atoms with Crippen LogP contribution in [0.2, 0.25) is 5.02 Å². The largest absolute Gasteiger partial charge is 0.314 e. The minimum Gasteiger partial charge on any atom is -0.314 e. The van der Waals surface area contributed by atoms with Crippen LogP contribution in [0.1, 0.15) is 11.6 Å². The number of hydrogen-bond acceptors (Lipinski definition) is 3. The van der Waals surface area contributed by atoms with Gasteiger partial charge in [0.25, 0.3) is 0 Å². The molecule has 2 rings (SSSR count). The number of halogens is 1. The van der Waals surface area contributed by atoms with Crippen molar-refractivity contribution in [3.63, 3.8) is 0 Å². The molecule has 0 amide bonds. The Balaban J connectivity index is 2.05. The van der Waals surface area contributed by atoms with E-state index in [2.05, 4.69) is 41.3 Å². The fraction of sp³-hybridized carbons (Fsp3) is 0.571. The first kappa shape index (κ1) is 13.8. The average molecular weight is 268 g/mol. The highest BCUT2D eigenvalue weighted by Gasteiger charge is 2.19. The van der Waals surface area contributed by atoms with Crippen LogP contribution in [-0.4, -0.2) is 56.6 Å². The molecule has 100 valence electrons. The molecule has 0 aromatic heterocycles. The minimum atomic E-state index is 0.431. The Labute approximate surface area is 115 Å². The van der Waals surface area contributed by atoms with Gasteiger partial charge in [-0.05, 0) is 31.8 Å². The van der Waals surface area contributed by atoms with Gasteiger partial charge in [0, 0.05) is 43.8 Å². The fourth-order valence-corrected chi connectivity index (χ4v) is 2.52. The van der Waals surface area contributed by atoms with Crippen LogP contribution >= 0.6 is 11.6 Å². The van der Waals surface area contributed by atoms with Crippen molar-refractivity contribution >= 4 is 11.6 Å². The second-order valence-corrected chi connectivity index (χ2v) is 5.52. The minimum absolute atomic E-state index is 0.431. The van der Waals surface area contributed by atoms with Crippen molar-refractivity contribution in [2.24, 2.45) is 0 Å². The van der Waals surface area contributed by atoms with E-state index in [-0.39, 0.29) is 0 Å². The summed E-state index contributed by atoms with van der Waals surface area (Å²) in [5.41, 5.74) is 1.34. The Hall–Kier alpha value is -0.610. The lowest BCUT2D eigenvalue weighted by Crippen LogP contribution is -2.46. The Kier molecular flexibility index (Phi) is 5.01. The Morgan fingerprint density at radius 2 is 1.83 bits per heavy atom. The summed E-state index contributed by atoms with van der Waals surface area (Å²) < 4.78 is 0. The number of hydrogen-bond donors (Lipinski definition) is 1. The standard InChI is InChI=1S/C14H22ClN3/c1-17(2)14(11-18-9-7-16-8-10-18)12-3-5-13(15)6-4-12/h3-6,14,16H,7-11H2,1-2H3. The molecular formula is C14H22ClN3. The van der Waals surface area contributed by atoms with Gasteiger partial charge in [0.15, 0.2) is 0 Å². The summed E-state index contributed by atoms with van der Waals surface area (Å²) in [6.07, 6.45) is 0. The highest BCUT2D eigenvalue weighted by Crippen LogP contribution is 2.21. The molecule has 1 N–H and O–H groups in total. The number of likely N-dealkylation sites (N-methyl/N-ethyl adjacent to an activating group) is 1. The summed E-state index contributed by atoms with van der Waals surface area (Å²) in [7, 11) is 4.28. The molecule has 0 spiro atoms. The normalized spacial score (nSPS) is 19.1. The fourth-order valence-electron chi connectivity index (χ4n) is 2.39. The first-order valence-corrected chi connectivity index (χ1v) is 6.89. The Morgan fingerprint density at radius 3 is 2.39 bits per heavy atom. The second kappa shape index (κ2) is 6.53. The number of rotatable bonds is 4. The Bertz CT molecular complexity index is 358. The van der Waals surface area contributed by atoms with E-state index in [1.807, 2.05) is 12.1 Å². The van der Waals surface area contributed by atoms with Crippen molar-refractivity contribution in [2.75, 3.05) is 46.8 Å². The van der Waals surface area contributed by atoms with Gasteiger partial charge < -0.3 is 10.2 Å². The van der Waals surface area contributed by atoms with E-state index in [0.29, 0.717) is 6.04 Å². The molecule has 1 aliphatic rings.